The van der Waals surface area contributed by atoms with Crippen LogP contribution in [0, 0.1) is 4.77 Å². The standard InChI is InChI=1S/C19H19F3N4S2/c20-19(21,22)12-24(11-14-5-2-1-3-6-14)13-25-18(27)26(15-8-9-15)17(23-25)16-7-4-10-28-16/h1-7,10,15H,8-9,11-13H2. The quantitative estimate of drug-likeness (QED) is 0.469. The molecule has 148 valence electrons. The van der Waals surface area contributed by atoms with E-state index in [4.69, 9.17) is 12.2 Å². The molecule has 28 heavy (non-hydrogen) atoms. The molecule has 1 saturated carbocycles. The van der Waals surface area contributed by atoms with Crippen molar-refractivity contribution in [3.63, 3.8) is 0 Å². The van der Waals surface area contributed by atoms with Crippen LogP contribution in [0.4, 0.5) is 13.2 Å². The Bertz CT molecular complexity index is 973. The maximum atomic E-state index is 13.2. The van der Waals surface area contributed by atoms with Gasteiger partial charge in [0.25, 0.3) is 0 Å². The number of halogens is 3. The fourth-order valence-electron chi connectivity index (χ4n) is 3.19. The minimum absolute atomic E-state index is 0.00860. The Balaban J connectivity index is 1.64. The molecule has 0 bridgehead atoms. The van der Waals surface area contributed by atoms with Gasteiger partial charge in [0.05, 0.1) is 18.1 Å². The van der Waals surface area contributed by atoms with Crippen LogP contribution in [-0.4, -0.2) is 32.0 Å². The lowest BCUT2D eigenvalue weighted by Gasteiger charge is -2.23. The van der Waals surface area contributed by atoms with Crippen LogP contribution in [0.2, 0.25) is 0 Å². The van der Waals surface area contributed by atoms with Crippen LogP contribution < -0.4 is 0 Å². The van der Waals surface area contributed by atoms with Gasteiger partial charge < -0.3 is 0 Å². The van der Waals surface area contributed by atoms with Crippen molar-refractivity contribution < 1.29 is 13.2 Å². The van der Waals surface area contributed by atoms with Crippen LogP contribution in [0.1, 0.15) is 24.4 Å². The molecule has 0 saturated heterocycles. The van der Waals surface area contributed by atoms with Gasteiger partial charge in [0.15, 0.2) is 10.6 Å². The SMILES string of the molecule is FC(F)(F)CN(Cc1ccccc1)Cn1nc(-c2cccs2)n(C2CC2)c1=S. The highest BCUT2D eigenvalue weighted by Gasteiger charge is 2.33. The molecule has 0 atom stereocenters. The van der Waals surface area contributed by atoms with E-state index < -0.39 is 12.7 Å². The summed E-state index contributed by atoms with van der Waals surface area (Å²) >= 11 is 7.14. The van der Waals surface area contributed by atoms with Crippen LogP contribution in [0.15, 0.2) is 47.8 Å². The number of rotatable bonds is 7. The molecule has 1 aliphatic rings. The smallest absolute Gasteiger partial charge is 0.296 e. The number of benzene rings is 1. The Hall–Kier alpha value is -1.97. The summed E-state index contributed by atoms with van der Waals surface area (Å²) < 4.78 is 43.5. The summed E-state index contributed by atoms with van der Waals surface area (Å²) in [5.41, 5.74) is 0.818. The normalized spacial score (nSPS) is 14.7. The number of nitrogens with zero attached hydrogens (tertiary/aromatic N) is 4. The molecule has 0 amide bonds. The van der Waals surface area contributed by atoms with Gasteiger partial charge in [0, 0.05) is 12.6 Å². The molecule has 0 radical (unpaired) electrons. The maximum absolute atomic E-state index is 13.2. The van der Waals surface area contributed by atoms with Crippen molar-refractivity contribution in [2.75, 3.05) is 6.54 Å². The van der Waals surface area contributed by atoms with Gasteiger partial charge in [0.1, 0.15) is 0 Å². The molecule has 1 aliphatic carbocycles. The number of thiophene rings is 1. The van der Waals surface area contributed by atoms with Crippen LogP contribution in [0.25, 0.3) is 10.7 Å². The largest absolute Gasteiger partial charge is 0.401 e. The first-order chi connectivity index (χ1) is 13.4. The lowest BCUT2D eigenvalue weighted by Crippen LogP contribution is -2.35. The number of hydrogen-bond acceptors (Lipinski definition) is 4. The summed E-state index contributed by atoms with van der Waals surface area (Å²) in [5, 5.41) is 6.56. The van der Waals surface area contributed by atoms with Gasteiger partial charge in [0.2, 0.25) is 0 Å². The molecule has 9 heteroatoms. The van der Waals surface area contributed by atoms with Gasteiger partial charge >= 0.3 is 6.18 Å². The van der Waals surface area contributed by atoms with E-state index in [1.54, 1.807) is 11.3 Å². The monoisotopic (exact) mass is 424 g/mol. The molecule has 0 unspecified atom stereocenters. The minimum Gasteiger partial charge on any atom is -0.296 e. The summed E-state index contributed by atoms with van der Waals surface area (Å²) in [7, 11) is 0. The van der Waals surface area contributed by atoms with Gasteiger partial charge in [-0.05, 0) is 42.1 Å². The van der Waals surface area contributed by atoms with E-state index >= 15 is 0 Å². The minimum atomic E-state index is -4.30. The van der Waals surface area contributed by atoms with Crippen molar-refractivity contribution >= 4 is 23.6 Å². The second-order valence-electron chi connectivity index (χ2n) is 6.91. The summed E-state index contributed by atoms with van der Waals surface area (Å²) in [4.78, 5) is 2.30. The van der Waals surface area contributed by atoms with Crippen molar-refractivity contribution in [3.05, 3.63) is 58.2 Å². The number of alkyl halides is 3. The predicted molar refractivity (Wildman–Crippen MR) is 106 cm³/mol. The molecule has 2 aromatic heterocycles. The molecule has 1 aromatic carbocycles. The Kier molecular flexibility index (Phi) is 5.39. The Morgan fingerprint density at radius 3 is 2.50 bits per heavy atom. The van der Waals surface area contributed by atoms with Gasteiger partial charge in [-0.1, -0.05) is 36.4 Å². The van der Waals surface area contributed by atoms with Crippen molar-refractivity contribution in [1.82, 2.24) is 19.2 Å². The predicted octanol–water partition coefficient (Wildman–Crippen LogP) is 5.50. The Labute approximate surface area is 169 Å². The highest BCUT2D eigenvalue weighted by atomic mass is 32.1. The van der Waals surface area contributed by atoms with Gasteiger partial charge in [-0.2, -0.15) is 13.2 Å². The third kappa shape index (κ3) is 4.53. The average molecular weight is 425 g/mol. The first-order valence-electron chi connectivity index (χ1n) is 8.97. The Morgan fingerprint density at radius 2 is 1.89 bits per heavy atom. The van der Waals surface area contributed by atoms with E-state index in [2.05, 4.69) is 5.10 Å². The summed E-state index contributed by atoms with van der Waals surface area (Å²) in [6.45, 7) is -0.855. The van der Waals surface area contributed by atoms with Gasteiger partial charge in [-0.15, -0.1) is 16.4 Å². The Morgan fingerprint density at radius 1 is 1.14 bits per heavy atom. The molecule has 0 aliphatic heterocycles. The van der Waals surface area contributed by atoms with E-state index in [0.717, 1.165) is 29.1 Å². The van der Waals surface area contributed by atoms with E-state index in [0.29, 0.717) is 10.8 Å². The zero-order chi connectivity index (χ0) is 19.7. The van der Waals surface area contributed by atoms with E-state index in [1.165, 1.54) is 9.58 Å². The first kappa shape index (κ1) is 19.4. The lowest BCUT2D eigenvalue weighted by atomic mass is 10.2. The summed E-state index contributed by atoms with van der Waals surface area (Å²) in [6.07, 6.45) is -2.25. The first-order valence-corrected chi connectivity index (χ1v) is 10.3. The highest BCUT2D eigenvalue weighted by molar-refractivity contribution is 7.71. The van der Waals surface area contributed by atoms with E-state index in [1.807, 2.05) is 52.4 Å². The molecule has 0 spiro atoms. The number of hydrogen-bond donors (Lipinski definition) is 0. The fraction of sp³-hybridized carbons (Fsp3) is 0.368. The maximum Gasteiger partial charge on any atom is 0.401 e. The second kappa shape index (κ2) is 7.81. The lowest BCUT2D eigenvalue weighted by molar-refractivity contribution is -0.151. The van der Waals surface area contributed by atoms with Crippen molar-refractivity contribution in [3.8, 4) is 10.7 Å². The molecule has 3 aromatic rings. The van der Waals surface area contributed by atoms with Crippen LogP contribution >= 0.6 is 23.6 Å². The third-order valence-corrected chi connectivity index (χ3v) is 5.78. The molecule has 2 heterocycles. The van der Waals surface area contributed by atoms with E-state index in [9.17, 15) is 13.2 Å². The molecule has 4 nitrogen and oxygen atoms in total. The van der Waals surface area contributed by atoms with Crippen LogP contribution in [-0.2, 0) is 13.2 Å². The molecule has 4 rings (SSSR count). The molecular weight excluding hydrogens is 405 g/mol. The van der Waals surface area contributed by atoms with Crippen molar-refractivity contribution in [2.24, 2.45) is 0 Å². The zero-order valence-electron chi connectivity index (χ0n) is 15.0. The zero-order valence-corrected chi connectivity index (χ0v) is 16.6. The average Bonchev–Trinajstić information content (AvgIpc) is 3.21. The fourth-order valence-corrected chi connectivity index (χ4v) is 4.23. The third-order valence-electron chi connectivity index (χ3n) is 4.51. The van der Waals surface area contributed by atoms with Crippen molar-refractivity contribution in [1.29, 1.82) is 0 Å². The molecular formula is C19H19F3N4S2. The van der Waals surface area contributed by atoms with Crippen molar-refractivity contribution in [2.45, 2.75) is 38.3 Å². The van der Waals surface area contributed by atoms with Gasteiger partial charge in [-0.3, -0.25) is 9.47 Å². The summed E-state index contributed by atoms with van der Waals surface area (Å²) in [6, 6.07) is 13.3. The van der Waals surface area contributed by atoms with Crippen LogP contribution in [0.3, 0.4) is 0 Å². The second-order valence-corrected chi connectivity index (χ2v) is 8.23. The molecule has 0 N–H and O–H groups in total. The topological polar surface area (TPSA) is 26.0 Å². The highest BCUT2D eigenvalue weighted by Crippen LogP contribution is 2.39. The molecule has 1 fully saturated rings. The van der Waals surface area contributed by atoms with Crippen LogP contribution in [0.5, 0.6) is 0 Å². The van der Waals surface area contributed by atoms with E-state index in [-0.39, 0.29) is 13.2 Å². The summed E-state index contributed by atoms with van der Waals surface area (Å²) in [5.74, 6) is 0.745. The van der Waals surface area contributed by atoms with Gasteiger partial charge in [-0.25, -0.2) is 4.68 Å². The number of aromatic nitrogens is 3.